The summed E-state index contributed by atoms with van der Waals surface area (Å²) < 4.78 is 39.0. The largest absolute Gasteiger partial charge is 0.365 e. The second-order valence-corrected chi connectivity index (χ2v) is 10.6. The third kappa shape index (κ3) is 10.2. The van der Waals surface area contributed by atoms with Crippen LogP contribution in [-0.2, 0) is 36.7 Å². The summed E-state index contributed by atoms with van der Waals surface area (Å²) in [7, 11) is 0. The maximum atomic E-state index is 13.0. The van der Waals surface area contributed by atoms with E-state index < -0.39 is 11.6 Å². The van der Waals surface area contributed by atoms with E-state index in [0.717, 1.165) is 24.0 Å². The summed E-state index contributed by atoms with van der Waals surface area (Å²) in [5, 5.41) is 0. The van der Waals surface area contributed by atoms with Gasteiger partial charge in [0.1, 0.15) is 0 Å². The first-order valence-electron chi connectivity index (χ1n) is 10.2. The minimum atomic E-state index is -4.30. The molecule has 1 aromatic rings. The topological polar surface area (TPSA) is 0 Å². The smallest absolute Gasteiger partial charge is 0.358 e. The third-order valence-electron chi connectivity index (χ3n) is 5.29. The van der Waals surface area contributed by atoms with Crippen molar-refractivity contribution in [2.75, 3.05) is 0 Å². The zero-order valence-corrected chi connectivity index (χ0v) is 25.5. The van der Waals surface area contributed by atoms with Gasteiger partial charge in [0.15, 0.2) is 0 Å². The van der Waals surface area contributed by atoms with Gasteiger partial charge < -0.3 is 27.7 Å². The van der Waals surface area contributed by atoms with Gasteiger partial charge in [-0.3, -0.25) is 6.08 Å². The molecule has 0 bridgehead atoms. The summed E-state index contributed by atoms with van der Waals surface area (Å²) in [4.78, 5) is 0. The van der Waals surface area contributed by atoms with Crippen LogP contribution in [0.15, 0.2) is 12.1 Å². The van der Waals surface area contributed by atoms with Gasteiger partial charge in [0, 0.05) is 25.8 Å². The van der Waals surface area contributed by atoms with Crippen molar-refractivity contribution in [3.8, 4) is 0 Å². The molecule has 0 nitrogen and oxygen atoms in total. The Morgan fingerprint density at radius 3 is 1.88 bits per heavy atom. The number of hydrogen-bond donors (Lipinski definition) is 0. The van der Waals surface area contributed by atoms with Gasteiger partial charge in [0.25, 0.3) is 0 Å². The van der Waals surface area contributed by atoms with E-state index in [4.69, 9.17) is 0 Å². The third-order valence-corrected chi connectivity index (χ3v) is 5.29. The summed E-state index contributed by atoms with van der Waals surface area (Å²) in [5.74, 6) is 0.786. The first-order valence-corrected chi connectivity index (χ1v) is 10.2. The first kappa shape index (κ1) is 36.1. The van der Waals surface area contributed by atoms with Gasteiger partial charge in [-0.25, -0.2) is 18.6 Å². The van der Waals surface area contributed by atoms with Crippen LogP contribution < -0.4 is 0 Å². The quantitative estimate of drug-likeness (QED) is 0.221. The fourth-order valence-corrected chi connectivity index (χ4v) is 3.25. The maximum Gasteiger partial charge on any atom is 0.365 e. The van der Waals surface area contributed by atoms with Crippen molar-refractivity contribution >= 4 is 6.08 Å². The fourth-order valence-electron chi connectivity index (χ4n) is 3.25. The monoisotopic (exact) mass is 616 g/mol. The van der Waals surface area contributed by atoms with Crippen LogP contribution >= 0.6 is 0 Å². The SMILES string of the molecule is [CH2-]c1c(C=[C-]CC[C-](C)CC([CH2-])(C)C(F)(F)F)cc(C(C)(C)C)cc1C(C)(C)C.[CH3-].[CH3-].[Hf]. The van der Waals surface area contributed by atoms with Gasteiger partial charge in [0.2, 0.25) is 0 Å². The van der Waals surface area contributed by atoms with Crippen LogP contribution in [0.3, 0.4) is 0 Å². The molecule has 32 heavy (non-hydrogen) atoms. The molecular weight excluding hydrogens is 572 g/mol. The maximum absolute atomic E-state index is 13.0. The molecule has 0 aromatic heterocycles. The van der Waals surface area contributed by atoms with Crippen LogP contribution in [0.2, 0.25) is 0 Å². The molecule has 0 radical (unpaired) electrons. The molecule has 0 aliphatic rings. The average molecular weight is 615 g/mol. The van der Waals surface area contributed by atoms with E-state index in [2.05, 4.69) is 73.6 Å². The first-order chi connectivity index (χ1) is 12.9. The van der Waals surface area contributed by atoms with Gasteiger partial charge in [-0.1, -0.05) is 64.9 Å². The number of halogens is 3. The summed E-state index contributed by atoms with van der Waals surface area (Å²) in [6.07, 6.45) is 1.98. The number of benzene rings is 1. The molecule has 0 N–H and O–H groups in total. The van der Waals surface area contributed by atoms with E-state index in [9.17, 15) is 13.2 Å². The van der Waals surface area contributed by atoms with Crippen molar-refractivity contribution < 1.29 is 39.0 Å². The fraction of sp³-hybridized carbons (Fsp3) is 0.536. The molecule has 0 aliphatic heterocycles. The molecule has 0 saturated carbocycles. The van der Waals surface area contributed by atoms with Gasteiger partial charge >= 0.3 is 6.18 Å². The van der Waals surface area contributed by atoms with E-state index >= 15 is 0 Å². The predicted octanol–water partition coefficient (Wildman–Crippen LogP) is 9.35. The van der Waals surface area contributed by atoms with E-state index in [1.54, 1.807) is 6.92 Å². The Labute approximate surface area is 216 Å². The van der Waals surface area contributed by atoms with Crippen molar-refractivity contribution in [2.24, 2.45) is 5.41 Å². The van der Waals surface area contributed by atoms with E-state index in [1.807, 2.05) is 6.08 Å². The molecule has 4 heteroatoms. The van der Waals surface area contributed by atoms with Crippen LogP contribution in [0.1, 0.15) is 96.9 Å². The molecule has 0 saturated heterocycles. The van der Waals surface area contributed by atoms with Crippen LogP contribution in [0, 0.1) is 46.1 Å². The molecule has 1 atom stereocenters. The normalized spacial score (nSPS) is 14.4. The zero-order chi connectivity index (χ0) is 22.8. The molecular formula is C28H43F3Hf-6. The molecule has 1 aromatic carbocycles. The number of allylic oxidation sites excluding steroid dienone is 1. The second-order valence-electron chi connectivity index (χ2n) is 10.6. The summed E-state index contributed by atoms with van der Waals surface area (Å²) in [5.41, 5.74) is 2.50. The van der Waals surface area contributed by atoms with E-state index in [0.29, 0.717) is 12.8 Å². The Morgan fingerprint density at radius 2 is 1.47 bits per heavy atom. The molecule has 0 fully saturated rings. The average Bonchev–Trinajstić information content (AvgIpc) is 2.48. The van der Waals surface area contributed by atoms with Gasteiger partial charge in [0.05, 0.1) is 0 Å². The standard InChI is InChI=1S/C26H37F3.2CH3.Hf/c1-18(17-25(9,10)26(27,28)29)13-11-12-14-20-15-21(23(3,4)5)16-22(19(20)2)24(6,7)8;;;/h14-16H,2,9,11,13,17H2,1,3-8,10H3;2*1H3;/q-4;2*-1;. The van der Waals surface area contributed by atoms with Crippen LogP contribution in [-0.4, -0.2) is 6.18 Å². The van der Waals surface area contributed by atoms with E-state index in [1.165, 1.54) is 11.1 Å². The molecule has 0 aliphatic carbocycles. The Hall–Kier alpha value is -0.510. The van der Waals surface area contributed by atoms with Crippen LogP contribution in [0.4, 0.5) is 13.2 Å². The molecule has 186 valence electrons. The molecule has 0 amide bonds. The molecule has 1 rings (SSSR count). The van der Waals surface area contributed by atoms with Gasteiger partial charge in [-0.15, -0.1) is 24.1 Å². The molecule has 1 unspecified atom stereocenters. The predicted molar refractivity (Wildman–Crippen MR) is 131 cm³/mol. The van der Waals surface area contributed by atoms with Crippen molar-refractivity contribution in [3.05, 3.63) is 75.1 Å². The number of alkyl halides is 3. The summed E-state index contributed by atoms with van der Waals surface area (Å²) >= 11 is 0. The van der Waals surface area contributed by atoms with Crippen molar-refractivity contribution in [3.63, 3.8) is 0 Å². The number of rotatable bonds is 6. The van der Waals surface area contributed by atoms with Crippen LogP contribution in [0.25, 0.3) is 6.08 Å². The van der Waals surface area contributed by atoms with Gasteiger partial charge in [-0.05, 0) is 5.41 Å². The Kier molecular flexibility index (Phi) is 14.4. The molecule has 0 heterocycles. The summed E-state index contributed by atoms with van der Waals surface area (Å²) in [6, 6.07) is 4.39. The number of hydrogen-bond acceptors (Lipinski definition) is 0. The van der Waals surface area contributed by atoms with Crippen molar-refractivity contribution in [2.45, 2.75) is 91.7 Å². The zero-order valence-electron chi connectivity index (χ0n) is 21.9. The van der Waals surface area contributed by atoms with E-state index in [-0.39, 0.29) is 57.9 Å². The Balaban J connectivity index is -0.00000280. The Bertz CT molecular complexity index is 714. The van der Waals surface area contributed by atoms with Gasteiger partial charge in [-0.2, -0.15) is 38.5 Å². The minimum absolute atomic E-state index is 0. The summed E-state index contributed by atoms with van der Waals surface area (Å²) in [6.45, 7) is 23.6. The van der Waals surface area contributed by atoms with Crippen molar-refractivity contribution in [1.82, 2.24) is 0 Å². The van der Waals surface area contributed by atoms with Crippen molar-refractivity contribution in [1.29, 1.82) is 0 Å². The Morgan fingerprint density at radius 1 is 0.969 bits per heavy atom. The second kappa shape index (κ2) is 12.8. The van der Waals surface area contributed by atoms with Crippen LogP contribution in [0.5, 0.6) is 0 Å². The molecule has 0 spiro atoms. The minimum Gasteiger partial charge on any atom is -0.358 e.